The van der Waals surface area contributed by atoms with Gasteiger partial charge in [-0.05, 0) is 19.8 Å². The molecular formula is C14H26N2. The van der Waals surface area contributed by atoms with Crippen molar-refractivity contribution in [2.75, 3.05) is 13.1 Å². The van der Waals surface area contributed by atoms with Crippen LogP contribution in [0.15, 0.2) is 0 Å². The predicted molar refractivity (Wildman–Crippen MR) is 70.3 cm³/mol. The van der Waals surface area contributed by atoms with Gasteiger partial charge in [-0.2, -0.15) is 0 Å². The Labute approximate surface area is 101 Å². The van der Waals surface area contributed by atoms with E-state index < -0.39 is 0 Å². The summed E-state index contributed by atoms with van der Waals surface area (Å²) >= 11 is 0. The van der Waals surface area contributed by atoms with Gasteiger partial charge in [0.05, 0.1) is 0 Å². The molecule has 0 spiro atoms. The lowest BCUT2D eigenvalue weighted by Crippen LogP contribution is -2.59. The minimum Gasteiger partial charge on any atom is -0.311 e. The molecule has 1 saturated heterocycles. The number of terminal acetylenes is 1. The Bertz CT molecular complexity index is 244. The van der Waals surface area contributed by atoms with E-state index in [1.54, 1.807) is 0 Å². The number of rotatable bonds is 4. The van der Waals surface area contributed by atoms with Crippen LogP contribution in [0.25, 0.3) is 0 Å². The second-order valence-corrected chi connectivity index (χ2v) is 5.20. The number of nitrogens with one attached hydrogen (secondary N) is 1. The van der Waals surface area contributed by atoms with Crippen molar-refractivity contribution < 1.29 is 0 Å². The number of piperazine rings is 1. The lowest BCUT2D eigenvalue weighted by Gasteiger charge is -2.43. The SMILES string of the molecule is C#CCC(C)N1CC(C(C)CC)NCC1C. The van der Waals surface area contributed by atoms with Crippen LogP contribution in [0, 0.1) is 18.3 Å². The average molecular weight is 222 g/mol. The quantitative estimate of drug-likeness (QED) is 0.733. The minimum atomic E-state index is 0.508. The zero-order chi connectivity index (χ0) is 12.1. The highest BCUT2D eigenvalue weighted by Gasteiger charge is 2.29. The smallest absolute Gasteiger partial charge is 0.0240 e. The molecule has 1 fully saturated rings. The van der Waals surface area contributed by atoms with Crippen LogP contribution in [0.1, 0.15) is 40.5 Å². The molecule has 1 rings (SSSR count). The summed E-state index contributed by atoms with van der Waals surface area (Å²) in [5.41, 5.74) is 0. The summed E-state index contributed by atoms with van der Waals surface area (Å²) in [6.07, 6.45) is 7.51. The zero-order valence-electron chi connectivity index (χ0n) is 11.2. The summed E-state index contributed by atoms with van der Waals surface area (Å²) in [5, 5.41) is 3.65. The molecule has 0 aromatic rings. The number of nitrogens with zero attached hydrogens (tertiary/aromatic N) is 1. The van der Waals surface area contributed by atoms with Gasteiger partial charge in [-0.25, -0.2) is 0 Å². The van der Waals surface area contributed by atoms with Gasteiger partial charge in [0.1, 0.15) is 0 Å². The summed E-state index contributed by atoms with van der Waals surface area (Å²) in [5.74, 6) is 3.52. The Morgan fingerprint density at radius 3 is 2.75 bits per heavy atom. The topological polar surface area (TPSA) is 15.3 Å². The van der Waals surface area contributed by atoms with Crippen molar-refractivity contribution >= 4 is 0 Å². The highest BCUT2D eigenvalue weighted by molar-refractivity contribution is 4.94. The minimum absolute atomic E-state index is 0.508. The van der Waals surface area contributed by atoms with E-state index in [1.165, 1.54) is 6.42 Å². The summed E-state index contributed by atoms with van der Waals surface area (Å²) in [4.78, 5) is 2.56. The first-order valence-electron chi connectivity index (χ1n) is 6.52. The van der Waals surface area contributed by atoms with E-state index >= 15 is 0 Å². The van der Waals surface area contributed by atoms with E-state index in [4.69, 9.17) is 6.42 Å². The molecule has 0 aromatic heterocycles. The van der Waals surface area contributed by atoms with E-state index in [0.29, 0.717) is 18.1 Å². The summed E-state index contributed by atoms with van der Waals surface area (Å²) in [6, 6.07) is 1.73. The summed E-state index contributed by atoms with van der Waals surface area (Å²) in [6.45, 7) is 11.3. The first kappa shape index (κ1) is 13.5. The summed E-state index contributed by atoms with van der Waals surface area (Å²) < 4.78 is 0. The predicted octanol–water partition coefficient (Wildman–Crippen LogP) is 2.11. The van der Waals surface area contributed by atoms with E-state index in [1.807, 2.05) is 0 Å². The molecule has 0 aromatic carbocycles. The monoisotopic (exact) mass is 222 g/mol. The maximum absolute atomic E-state index is 5.41. The van der Waals surface area contributed by atoms with Crippen molar-refractivity contribution in [3.8, 4) is 12.3 Å². The average Bonchev–Trinajstić information content (AvgIpc) is 2.29. The zero-order valence-corrected chi connectivity index (χ0v) is 11.2. The van der Waals surface area contributed by atoms with Crippen LogP contribution in [-0.4, -0.2) is 36.1 Å². The van der Waals surface area contributed by atoms with Crippen LogP contribution in [0.4, 0.5) is 0 Å². The maximum Gasteiger partial charge on any atom is 0.0240 e. The molecule has 92 valence electrons. The lowest BCUT2D eigenvalue weighted by atomic mass is 9.94. The van der Waals surface area contributed by atoms with Crippen LogP contribution >= 0.6 is 0 Å². The van der Waals surface area contributed by atoms with Crippen molar-refractivity contribution in [2.45, 2.75) is 58.7 Å². The van der Waals surface area contributed by atoms with Crippen LogP contribution in [-0.2, 0) is 0 Å². The molecule has 0 amide bonds. The van der Waals surface area contributed by atoms with Crippen LogP contribution in [0.3, 0.4) is 0 Å². The first-order valence-corrected chi connectivity index (χ1v) is 6.52. The van der Waals surface area contributed by atoms with Gasteiger partial charge < -0.3 is 5.32 Å². The largest absolute Gasteiger partial charge is 0.311 e. The van der Waals surface area contributed by atoms with Crippen molar-refractivity contribution in [2.24, 2.45) is 5.92 Å². The van der Waals surface area contributed by atoms with Gasteiger partial charge in [-0.1, -0.05) is 20.3 Å². The molecule has 0 aliphatic carbocycles. The number of hydrogen-bond donors (Lipinski definition) is 1. The Kier molecular flexibility index (Phi) is 5.31. The van der Waals surface area contributed by atoms with Crippen LogP contribution < -0.4 is 5.32 Å². The second kappa shape index (κ2) is 6.27. The Morgan fingerprint density at radius 2 is 2.19 bits per heavy atom. The number of hydrogen-bond acceptors (Lipinski definition) is 2. The van der Waals surface area contributed by atoms with Crippen LogP contribution in [0.2, 0.25) is 0 Å². The standard InChI is InChI=1S/C14H26N2/c1-6-8-12(4)16-10-14(11(3)7-2)15-9-13(16)5/h1,11-15H,7-10H2,2-5H3. The van der Waals surface area contributed by atoms with Crippen molar-refractivity contribution in [3.63, 3.8) is 0 Å². The van der Waals surface area contributed by atoms with Gasteiger partial charge >= 0.3 is 0 Å². The third-order valence-corrected chi connectivity index (χ3v) is 3.96. The highest BCUT2D eigenvalue weighted by Crippen LogP contribution is 2.18. The molecule has 16 heavy (non-hydrogen) atoms. The fourth-order valence-electron chi connectivity index (χ4n) is 2.48. The van der Waals surface area contributed by atoms with Gasteiger partial charge in [-0.3, -0.25) is 4.90 Å². The van der Waals surface area contributed by atoms with E-state index in [-0.39, 0.29) is 0 Å². The molecule has 4 atom stereocenters. The maximum atomic E-state index is 5.41. The van der Waals surface area contributed by atoms with E-state index in [2.05, 4.69) is 43.8 Å². The molecule has 0 bridgehead atoms. The molecule has 1 aliphatic rings. The van der Waals surface area contributed by atoms with Gasteiger partial charge in [0.25, 0.3) is 0 Å². The Balaban J connectivity index is 2.58. The third-order valence-electron chi connectivity index (χ3n) is 3.96. The molecule has 1 N–H and O–H groups in total. The third kappa shape index (κ3) is 3.23. The molecule has 0 saturated carbocycles. The molecule has 2 nitrogen and oxygen atoms in total. The Hall–Kier alpha value is -0.520. The molecule has 1 aliphatic heterocycles. The van der Waals surface area contributed by atoms with Gasteiger partial charge in [-0.15, -0.1) is 12.3 Å². The molecular weight excluding hydrogens is 196 g/mol. The fourth-order valence-corrected chi connectivity index (χ4v) is 2.48. The van der Waals surface area contributed by atoms with Gasteiger partial charge in [0.2, 0.25) is 0 Å². The van der Waals surface area contributed by atoms with Gasteiger partial charge in [0, 0.05) is 37.6 Å². The molecule has 4 unspecified atom stereocenters. The molecule has 1 heterocycles. The van der Waals surface area contributed by atoms with Crippen molar-refractivity contribution in [1.82, 2.24) is 10.2 Å². The van der Waals surface area contributed by atoms with Crippen molar-refractivity contribution in [3.05, 3.63) is 0 Å². The first-order chi connectivity index (χ1) is 7.60. The normalized spacial score (nSPS) is 30.7. The molecule has 0 radical (unpaired) electrons. The van der Waals surface area contributed by atoms with E-state index in [9.17, 15) is 0 Å². The lowest BCUT2D eigenvalue weighted by molar-refractivity contribution is 0.0839. The molecule has 2 heteroatoms. The van der Waals surface area contributed by atoms with Gasteiger partial charge in [0.15, 0.2) is 0 Å². The fraction of sp³-hybridized carbons (Fsp3) is 0.857. The summed E-state index contributed by atoms with van der Waals surface area (Å²) in [7, 11) is 0. The van der Waals surface area contributed by atoms with Crippen LogP contribution in [0.5, 0.6) is 0 Å². The Morgan fingerprint density at radius 1 is 1.50 bits per heavy atom. The second-order valence-electron chi connectivity index (χ2n) is 5.20. The van der Waals surface area contributed by atoms with E-state index in [0.717, 1.165) is 25.4 Å². The van der Waals surface area contributed by atoms with Crippen molar-refractivity contribution in [1.29, 1.82) is 0 Å². The highest BCUT2D eigenvalue weighted by atomic mass is 15.2.